The van der Waals surface area contributed by atoms with Crippen LogP contribution in [0.4, 0.5) is 0 Å². The van der Waals surface area contributed by atoms with Gasteiger partial charge in [0.05, 0.1) is 0 Å². The van der Waals surface area contributed by atoms with Gasteiger partial charge in [-0.3, -0.25) is 4.98 Å². The van der Waals surface area contributed by atoms with Crippen LogP contribution >= 0.6 is 0 Å². The smallest absolute Gasteiger partial charge is 0.159 e. The Morgan fingerprint density at radius 1 is 1.04 bits per heavy atom. The molecule has 1 N–H and O–H groups in total. The largest absolute Gasteiger partial charge is 0.310 e. The molecule has 0 aliphatic rings. The minimum atomic E-state index is 0.238. The van der Waals surface area contributed by atoms with Crippen molar-refractivity contribution in [3.8, 4) is 11.4 Å². The van der Waals surface area contributed by atoms with Crippen molar-refractivity contribution in [1.29, 1.82) is 0 Å². The second-order valence-electron chi connectivity index (χ2n) is 6.24. The van der Waals surface area contributed by atoms with Gasteiger partial charge < -0.3 is 5.32 Å². The fourth-order valence-corrected chi connectivity index (χ4v) is 2.91. The molecule has 0 aliphatic heterocycles. The number of hydrogen-bond donors (Lipinski definition) is 1. The van der Waals surface area contributed by atoms with Crippen molar-refractivity contribution < 1.29 is 0 Å². The summed E-state index contributed by atoms with van der Waals surface area (Å²) in [7, 11) is 0. The van der Waals surface area contributed by atoms with E-state index in [1.54, 1.807) is 12.4 Å². The maximum Gasteiger partial charge on any atom is 0.159 e. The van der Waals surface area contributed by atoms with Gasteiger partial charge in [0.15, 0.2) is 5.82 Å². The Hall–Kier alpha value is -2.59. The SMILES string of the molecule is Cc1nc(-c2ccncc2)ncc1C(C)NCCCc1ccccc1. The first-order valence-corrected chi connectivity index (χ1v) is 8.75. The van der Waals surface area contributed by atoms with Crippen LogP contribution in [-0.2, 0) is 6.42 Å². The van der Waals surface area contributed by atoms with Crippen molar-refractivity contribution >= 4 is 0 Å². The summed E-state index contributed by atoms with van der Waals surface area (Å²) in [6.07, 6.45) is 7.67. The van der Waals surface area contributed by atoms with Crippen LogP contribution in [0.15, 0.2) is 61.1 Å². The van der Waals surface area contributed by atoms with E-state index in [4.69, 9.17) is 0 Å². The molecule has 25 heavy (non-hydrogen) atoms. The zero-order valence-corrected chi connectivity index (χ0v) is 14.8. The van der Waals surface area contributed by atoms with Gasteiger partial charge in [0.25, 0.3) is 0 Å². The molecular formula is C21H24N4. The summed E-state index contributed by atoms with van der Waals surface area (Å²) in [6, 6.07) is 14.7. The molecular weight excluding hydrogens is 308 g/mol. The lowest BCUT2D eigenvalue weighted by Crippen LogP contribution is -2.21. The van der Waals surface area contributed by atoms with Crippen LogP contribution in [0.2, 0.25) is 0 Å². The zero-order chi connectivity index (χ0) is 17.5. The van der Waals surface area contributed by atoms with Crippen molar-refractivity contribution in [2.45, 2.75) is 32.7 Å². The molecule has 0 amide bonds. The average Bonchev–Trinajstić information content (AvgIpc) is 2.66. The van der Waals surface area contributed by atoms with Gasteiger partial charge in [-0.1, -0.05) is 30.3 Å². The fraction of sp³-hybridized carbons (Fsp3) is 0.286. The zero-order valence-electron chi connectivity index (χ0n) is 14.8. The molecule has 3 rings (SSSR count). The molecule has 1 unspecified atom stereocenters. The monoisotopic (exact) mass is 332 g/mol. The number of benzene rings is 1. The summed E-state index contributed by atoms with van der Waals surface area (Å²) < 4.78 is 0. The van der Waals surface area contributed by atoms with E-state index in [0.717, 1.165) is 42.0 Å². The first kappa shape index (κ1) is 17.2. The molecule has 1 aromatic carbocycles. The molecule has 3 aromatic rings. The Balaban J connectivity index is 1.56. The quantitative estimate of drug-likeness (QED) is 0.661. The van der Waals surface area contributed by atoms with Gasteiger partial charge in [-0.05, 0) is 50.9 Å². The van der Waals surface area contributed by atoms with E-state index >= 15 is 0 Å². The predicted octanol–water partition coefficient (Wildman–Crippen LogP) is 4.13. The highest BCUT2D eigenvalue weighted by Gasteiger charge is 2.11. The lowest BCUT2D eigenvalue weighted by molar-refractivity contribution is 0.553. The van der Waals surface area contributed by atoms with Gasteiger partial charge in [0, 0.05) is 41.5 Å². The van der Waals surface area contributed by atoms with E-state index in [2.05, 4.69) is 57.5 Å². The number of nitrogens with zero attached hydrogens (tertiary/aromatic N) is 3. The Bertz CT molecular complexity index is 788. The van der Waals surface area contributed by atoms with E-state index < -0.39 is 0 Å². The lowest BCUT2D eigenvalue weighted by atomic mass is 10.1. The standard InChI is InChI=1S/C21H24N4/c1-16(23-12-6-9-18-7-4-3-5-8-18)20-15-24-21(25-17(20)2)19-10-13-22-14-11-19/h3-5,7-8,10-11,13-16,23H,6,9,12H2,1-2H3. The van der Waals surface area contributed by atoms with Crippen LogP contribution < -0.4 is 5.32 Å². The lowest BCUT2D eigenvalue weighted by Gasteiger charge is -2.16. The van der Waals surface area contributed by atoms with Crippen LogP contribution in [0.1, 0.15) is 36.2 Å². The Labute approximate surface area is 149 Å². The van der Waals surface area contributed by atoms with E-state index in [0.29, 0.717) is 0 Å². The Morgan fingerprint density at radius 3 is 2.52 bits per heavy atom. The van der Waals surface area contributed by atoms with Crippen LogP contribution in [0.25, 0.3) is 11.4 Å². The van der Waals surface area contributed by atoms with Crippen molar-refractivity contribution in [2.75, 3.05) is 6.54 Å². The summed E-state index contributed by atoms with van der Waals surface area (Å²) >= 11 is 0. The third kappa shape index (κ3) is 4.70. The van der Waals surface area contributed by atoms with Gasteiger partial charge in [-0.2, -0.15) is 0 Å². The van der Waals surface area contributed by atoms with Crippen molar-refractivity contribution in [2.24, 2.45) is 0 Å². The summed E-state index contributed by atoms with van der Waals surface area (Å²) in [4.78, 5) is 13.2. The fourth-order valence-electron chi connectivity index (χ4n) is 2.91. The second-order valence-corrected chi connectivity index (χ2v) is 6.24. The molecule has 4 nitrogen and oxygen atoms in total. The number of rotatable bonds is 7. The average molecular weight is 332 g/mol. The van der Waals surface area contributed by atoms with Crippen molar-refractivity contribution in [3.63, 3.8) is 0 Å². The molecule has 0 saturated heterocycles. The molecule has 128 valence electrons. The summed E-state index contributed by atoms with van der Waals surface area (Å²) in [5.41, 5.74) is 4.55. The van der Waals surface area contributed by atoms with E-state index in [1.807, 2.05) is 25.3 Å². The number of aromatic nitrogens is 3. The van der Waals surface area contributed by atoms with Gasteiger partial charge in [0.2, 0.25) is 0 Å². The van der Waals surface area contributed by atoms with Gasteiger partial charge in [-0.15, -0.1) is 0 Å². The number of pyridine rings is 1. The van der Waals surface area contributed by atoms with Crippen LogP contribution in [-0.4, -0.2) is 21.5 Å². The Morgan fingerprint density at radius 2 is 1.80 bits per heavy atom. The number of aryl methyl sites for hydroxylation is 2. The molecule has 0 saturated carbocycles. The van der Waals surface area contributed by atoms with Crippen molar-refractivity contribution in [1.82, 2.24) is 20.3 Å². The van der Waals surface area contributed by atoms with Gasteiger partial charge in [0.1, 0.15) is 0 Å². The number of nitrogens with one attached hydrogen (secondary N) is 1. The number of hydrogen-bond acceptors (Lipinski definition) is 4. The highest BCUT2D eigenvalue weighted by atomic mass is 14.9. The first-order valence-electron chi connectivity index (χ1n) is 8.75. The summed E-state index contributed by atoms with van der Waals surface area (Å²) in [5.74, 6) is 0.750. The maximum absolute atomic E-state index is 4.66. The molecule has 1 atom stereocenters. The third-order valence-electron chi connectivity index (χ3n) is 4.36. The first-order chi connectivity index (χ1) is 12.2. The molecule has 0 fully saturated rings. The highest BCUT2D eigenvalue weighted by molar-refractivity contribution is 5.53. The van der Waals surface area contributed by atoms with E-state index in [-0.39, 0.29) is 6.04 Å². The van der Waals surface area contributed by atoms with Crippen LogP contribution in [0.5, 0.6) is 0 Å². The highest BCUT2D eigenvalue weighted by Crippen LogP contribution is 2.19. The molecule has 0 spiro atoms. The normalized spacial score (nSPS) is 12.1. The van der Waals surface area contributed by atoms with Crippen molar-refractivity contribution in [3.05, 3.63) is 77.9 Å². The third-order valence-corrected chi connectivity index (χ3v) is 4.36. The molecule has 2 heterocycles. The van der Waals surface area contributed by atoms with Gasteiger partial charge in [-0.25, -0.2) is 9.97 Å². The van der Waals surface area contributed by atoms with Crippen LogP contribution in [0.3, 0.4) is 0 Å². The topological polar surface area (TPSA) is 50.7 Å². The summed E-state index contributed by atoms with van der Waals surface area (Å²) in [6.45, 7) is 5.19. The molecule has 2 aromatic heterocycles. The van der Waals surface area contributed by atoms with Gasteiger partial charge >= 0.3 is 0 Å². The maximum atomic E-state index is 4.66. The predicted molar refractivity (Wildman–Crippen MR) is 101 cm³/mol. The Kier molecular flexibility index (Phi) is 5.86. The van der Waals surface area contributed by atoms with E-state index in [1.165, 1.54) is 5.56 Å². The second kappa shape index (κ2) is 8.49. The molecule has 0 bridgehead atoms. The van der Waals surface area contributed by atoms with Crippen LogP contribution in [0, 0.1) is 6.92 Å². The molecule has 4 heteroatoms. The molecule has 0 radical (unpaired) electrons. The minimum Gasteiger partial charge on any atom is -0.310 e. The molecule has 0 aliphatic carbocycles. The summed E-state index contributed by atoms with van der Waals surface area (Å²) in [5, 5.41) is 3.58. The van der Waals surface area contributed by atoms with E-state index in [9.17, 15) is 0 Å². The minimum absolute atomic E-state index is 0.238.